The minimum Gasteiger partial charge on any atom is -0.487 e. The predicted molar refractivity (Wildman–Crippen MR) is 144 cm³/mol. The van der Waals surface area contributed by atoms with Gasteiger partial charge in [0.05, 0.1) is 6.61 Å². The Morgan fingerprint density at radius 3 is 2.73 bits per heavy atom. The normalized spacial score (nSPS) is 23.2. The lowest BCUT2D eigenvalue weighted by atomic mass is 9.90. The number of rotatable bonds is 6. The molecule has 3 atom stereocenters. The Bertz CT molecular complexity index is 1200. The van der Waals surface area contributed by atoms with Crippen LogP contribution in [0.3, 0.4) is 0 Å². The molecule has 2 heterocycles. The highest BCUT2D eigenvalue weighted by atomic mass is 32.2. The fourth-order valence-corrected chi connectivity index (χ4v) is 6.95. The fraction of sp³-hybridized carbons (Fsp3) is 0.552. The Morgan fingerprint density at radius 1 is 1.24 bits per heavy atom. The Balaban J connectivity index is 1.65. The van der Waals surface area contributed by atoms with Gasteiger partial charge < -0.3 is 9.84 Å². The van der Waals surface area contributed by atoms with E-state index in [0.29, 0.717) is 24.8 Å². The third-order valence-corrected chi connectivity index (χ3v) is 9.38. The quantitative estimate of drug-likeness (QED) is 0.576. The van der Waals surface area contributed by atoms with Gasteiger partial charge in [0.1, 0.15) is 16.7 Å². The molecule has 8 heteroatoms. The standard InChI is InChI=1S/C29H39N3O4S/c1-22-18-32(23(2)21-33)37(34,35)29-14-13-25(12-11-24-8-5-4-6-9-24)16-27(29)36-28(22)20-31(3)19-26-10-7-15-30-17-26/h7,10,13-17,22-24,28,33H,4-6,8-9,18-21H2,1-3H3/t22-,23-,28-/m1/s1. The zero-order valence-electron chi connectivity index (χ0n) is 22.1. The summed E-state index contributed by atoms with van der Waals surface area (Å²) < 4.78 is 35.3. The number of hydrogen-bond acceptors (Lipinski definition) is 6. The van der Waals surface area contributed by atoms with Crippen molar-refractivity contribution in [3.05, 3.63) is 53.9 Å². The van der Waals surface area contributed by atoms with E-state index in [1.54, 1.807) is 31.3 Å². The highest BCUT2D eigenvalue weighted by Gasteiger charge is 2.38. The summed E-state index contributed by atoms with van der Waals surface area (Å²) in [5, 5.41) is 9.86. The second kappa shape index (κ2) is 12.4. The van der Waals surface area contributed by atoms with Gasteiger partial charge in [0.2, 0.25) is 10.0 Å². The van der Waals surface area contributed by atoms with Crippen molar-refractivity contribution in [2.75, 3.05) is 26.7 Å². The first-order valence-corrected chi connectivity index (χ1v) is 14.7. The molecule has 4 rings (SSSR count). The molecule has 2 aromatic rings. The average Bonchev–Trinajstić information content (AvgIpc) is 2.90. The van der Waals surface area contributed by atoms with Crippen LogP contribution in [0.1, 0.15) is 57.1 Å². The van der Waals surface area contributed by atoms with E-state index in [2.05, 4.69) is 21.7 Å². The maximum absolute atomic E-state index is 13.7. The molecule has 7 nitrogen and oxygen atoms in total. The molecule has 0 bridgehead atoms. The van der Waals surface area contributed by atoms with E-state index in [1.807, 2.05) is 32.3 Å². The fourth-order valence-electron chi connectivity index (χ4n) is 5.13. The van der Waals surface area contributed by atoms with Gasteiger partial charge in [-0.25, -0.2) is 8.42 Å². The van der Waals surface area contributed by atoms with Crippen LogP contribution >= 0.6 is 0 Å². The monoisotopic (exact) mass is 525 g/mol. The number of nitrogens with zero attached hydrogens (tertiary/aromatic N) is 3. The molecule has 200 valence electrons. The Labute approximate surface area is 221 Å². The third-order valence-electron chi connectivity index (χ3n) is 7.36. The summed E-state index contributed by atoms with van der Waals surface area (Å²) in [5.41, 5.74) is 1.86. The van der Waals surface area contributed by atoms with Gasteiger partial charge >= 0.3 is 0 Å². The summed E-state index contributed by atoms with van der Waals surface area (Å²) in [5.74, 6) is 7.30. The molecule has 37 heavy (non-hydrogen) atoms. The molecule has 0 unspecified atom stereocenters. The molecule has 1 aliphatic heterocycles. The number of fused-ring (bicyclic) bond motifs is 1. The number of likely N-dealkylation sites (N-methyl/N-ethyl adjacent to an activating group) is 1. The second-order valence-corrected chi connectivity index (χ2v) is 12.4. The highest BCUT2D eigenvalue weighted by molar-refractivity contribution is 7.89. The van der Waals surface area contributed by atoms with Gasteiger partial charge in [-0.15, -0.1) is 0 Å². The van der Waals surface area contributed by atoms with Crippen molar-refractivity contribution in [3.63, 3.8) is 0 Å². The topological polar surface area (TPSA) is 83.0 Å². The maximum Gasteiger partial charge on any atom is 0.247 e. The third kappa shape index (κ3) is 6.91. The SMILES string of the molecule is C[C@@H]1CN([C@H](C)CO)S(=O)(=O)c2ccc(C#CC3CCCCC3)cc2O[C@@H]1CN(C)Cc1cccnc1. The minimum absolute atomic E-state index is 0.106. The largest absolute Gasteiger partial charge is 0.487 e. The highest BCUT2D eigenvalue weighted by Crippen LogP contribution is 2.34. The summed E-state index contributed by atoms with van der Waals surface area (Å²) in [6.45, 7) is 5.06. The van der Waals surface area contributed by atoms with Crippen molar-refractivity contribution in [1.29, 1.82) is 0 Å². The minimum atomic E-state index is -3.86. The van der Waals surface area contributed by atoms with Crippen LogP contribution < -0.4 is 4.74 Å². The smallest absolute Gasteiger partial charge is 0.247 e. The van der Waals surface area contributed by atoms with E-state index >= 15 is 0 Å². The molecular weight excluding hydrogens is 486 g/mol. The molecule has 1 saturated carbocycles. The van der Waals surface area contributed by atoms with Gasteiger partial charge in [-0.05, 0) is 56.6 Å². The first-order chi connectivity index (χ1) is 17.8. The number of sulfonamides is 1. The van der Waals surface area contributed by atoms with Crippen molar-refractivity contribution in [3.8, 4) is 17.6 Å². The van der Waals surface area contributed by atoms with Crippen molar-refractivity contribution in [2.45, 2.75) is 69.5 Å². The van der Waals surface area contributed by atoms with Crippen molar-refractivity contribution < 1.29 is 18.3 Å². The van der Waals surface area contributed by atoms with Gasteiger partial charge in [0.15, 0.2) is 0 Å². The van der Waals surface area contributed by atoms with Crippen LogP contribution in [-0.4, -0.2) is 66.6 Å². The van der Waals surface area contributed by atoms with Crippen molar-refractivity contribution >= 4 is 10.0 Å². The van der Waals surface area contributed by atoms with E-state index in [-0.39, 0.29) is 30.1 Å². The first kappa shape index (κ1) is 27.6. The maximum atomic E-state index is 13.7. The Morgan fingerprint density at radius 2 is 2.03 bits per heavy atom. The number of benzene rings is 1. The lowest BCUT2D eigenvalue weighted by molar-refractivity contribution is 0.0733. The summed E-state index contributed by atoms with van der Waals surface area (Å²) in [6.07, 6.45) is 9.31. The van der Waals surface area contributed by atoms with Gasteiger partial charge in [-0.3, -0.25) is 9.88 Å². The Hall–Kier alpha value is -2.44. The van der Waals surface area contributed by atoms with Crippen molar-refractivity contribution in [1.82, 2.24) is 14.2 Å². The van der Waals surface area contributed by atoms with Crippen LogP contribution in [0, 0.1) is 23.7 Å². The second-order valence-electron chi connectivity index (χ2n) is 10.6. The Kier molecular flexibility index (Phi) is 9.25. The van der Waals surface area contributed by atoms with Gasteiger partial charge in [-0.2, -0.15) is 4.31 Å². The summed E-state index contributed by atoms with van der Waals surface area (Å²) in [6, 6.07) is 8.57. The van der Waals surface area contributed by atoms with Crippen LogP contribution in [0.15, 0.2) is 47.6 Å². The molecule has 1 aliphatic carbocycles. The molecule has 0 spiro atoms. The number of aliphatic hydroxyl groups is 1. The molecule has 2 aliphatic rings. The van der Waals surface area contributed by atoms with E-state index in [0.717, 1.165) is 24.0 Å². The number of pyridine rings is 1. The van der Waals surface area contributed by atoms with E-state index in [9.17, 15) is 13.5 Å². The van der Waals surface area contributed by atoms with Gasteiger partial charge in [0.25, 0.3) is 0 Å². The number of aromatic nitrogens is 1. The zero-order valence-corrected chi connectivity index (χ0v) is 23.0. The summed E-state index contributed by atoms with van der Waals surface area (Å²) >= 11 is 0. The molecule has 1 aromatic heterocycles. The number of hydrogen-bond donors (Lipinski definition) is 1. The van der Waals surface area contributed by atoms with Gasteiger partial charge in [-0.1, -0.05) is 44.1 Å². The molecule has 1 N–H and O–H groups in total. The van der Waals surface area contributed by atoms with Crippen molar-refractivity contribution in [2.24, 2.45) is 11.8 Å². The first-order valence-electron chi connectivity index (χ1n) is 13.3. The molecular formula is C29H39N3O4S. The van der Waals surface area contributed by atoms with Crippen LogP contribution in [0.2, 0.25) is 0 Å². The lowest BCUT2D eigenvalue weighted by Gasteiger charge is -2.37. The summed E-state index contributed by atoms with van der Waals surface area (Å²) in [7, 11) is -1.83. The molecule has 0 radical (unpaired) electrons. The molecule has 1 aromatic carbocycles. The van der Waals surface area contributed by atoms with E-state index in [1.165, 1.54) is 23.6 Å². The number of ether oxygens (including phenoxy) is 1. The van der Waals surface area contributed by atoms with E-state index in [4.69, 9.17) is 4.74 Å². The predicted octanol–water partition coefficient (Wildman–Crippen LogP) is 3.91. The van der Waals surface area contributed by atoms with Crippen LogP contribution in [0.25, 0.3) is 0 Å². The lowest BCUT2D eigenvalue weighted by Crippen LogP contribution is -2.49. The summed E-state index contributed by atoms with van der Waals surface area (Å²) in [4.78, 5) is 6.50. The average molecular weight is 526 g/mol. The molecule has 1 fully saturated rings. The van der Waals surface area contributed by atoms with Crippen LogP contribution in [-0.2, 0) is 16.6 Å². The van der Waals surface area contributed by atoms with Crippen LogP contribution in [0.5, 0.6) is 5.75 Å². The molecule has 0 saturated heterocycles. The van der Waals surface area contributed by atoms with Gasteiger partial charge in [0, 0.05) is 55.5 Å². The van der Waals surface area contributed by atoms with Crippen LogP contribution in [0.4, 0.5) is 0 Å². The van der Waals surface area contributed by atoms with E-state index < -0.39 is 16.1 Å². The molecule has 0 amide bonds. The zero-order chi connectivity index (χ0) is 26.4. The number of aliphatic hydroxyl groups excluding tert-OH is 1.